The SMILES string of the molecule is CC(CNCc1cc(Br)cs1)c1cccs1. The number of thiophene rings is 2. The Kier molecular flexibility index (Phi) is 4.58. The molecule has 2 aromatic heterocycles. The molecule has 0 fully saturated rings. The van der Waals surface area contributed by atoms with Crippen LogP contribution in [0, 0.1) is 0 Å². The van der Waals surface area contributed by atoms with E-state index < -0.39 is 0 Å². The third-order valence-electron chi connectivity index (χ3n) is 2.40. The van der Waals surface area contributed by atoms with Crippen LogP contribution in [0.15, 0.2) is 33.4 Å². The molecule has 0 radical (unpaired) electrons. The summed E-state index contributed by atoms with van der Waals surface area (Å²) in [6, 6.07) is 6.50. The first-order chi connectivity index (χ1) is 7.75. The van der Waals surface area contributed by atoms with Gasteiger partial charge in [-0.05, 0) is 33.4 Å². The molecule has 4 heteroatoms. The molecule has 0 amide bonds. The fourth-order valence-electron chi connectivity index (χ4n) is 1.53. The van der Waals surface area contributed by atoms with Gasteiger partial charge in [-0.2, -0.15) is 0 Å². The van der Waals surface area contributed by atoms with Crippen molar-refractivity contribution in [1.82, 2.24) is 5.32 Å². The van der Waals surface area contributed by atoms with Crippen LogP contribution >= 0.6 is 38.6 Å². The second kappa shape index (κ2) is 5.96. The highest BCUT2D eigenvalue weighted by Crippen LogP contribution is 2.21. The lowest BCUT2D eigenvalue weighted by atomic mass is 10.1. The number of rotatable bonds is 5. The molecule has 1 nitrogen and oxygen atoms in total. The normalized spacial score (nSPS) is 12.9. The van der Waals surface area contributed by atoms with Crippen LogP contribution in [0.3, 0.4) is 0 Å². The quantitative estimate of drug-likeness (QED) is 0.858. The van der Waals surface area contributed by atoms with E-state index in [2.05, 4.69) is 57.1 Å². The minimum absolute atomic E-state index is 0.600. The van der Waals surface area contributed by atoms with Crippen LogP contribution < -0.4 is 5.32 Å². The zero-order valence-corrected chi connectivity index (χ0v) is 12.3. The molecule has 2 heterocycles. The van der Waals surface area contributed by atoms with Crippen LogP contribution in [0.25, 0.3) is 0 Å². The lowest BCUT2D eigenvalue weighted by Gasteiger charge is -2.09. The average Bonchev–Trinajstić information content (AvgIpc) is 2.89. The molecule has 0 aliphatic rings. The minimum Gasteiger partial charge on any atom is -0.311 e. The van der Waals surface area contributed by atoms with Crippen molar-refractivity contribution in [3.8, 4) is 0 Å². The summed E-state index contributed by atoms with van der Waals surface area (Å²) < 4.78 is 1.18. The Morgan fingerprint density at radius 2 is 2.31 bits per heavy atom. The molecule has 1 unspecified atom stereocenters. The predicted molar refractivity (Wildman–Crippen MR) is 76.5 cm³/mol. The molecule has 0 bridgehead atoms. The van der Waals surface area contributed by atoms with E-state index in [4.69, 9.17) is 0 Å². The van der Waals surface area contributed by atoms with Gasteiger partial charge in [0.05, 0.1) is 0 Å². The average molecular weight is 316 g/mol. The van der Waals surface area contributed by atoms with Gasteiger partial charge in [-0.1, -0.05) is 13.0 Å². The number of nitrogens with one attached hydrogen (secondary N) is 1. The maximum atomic E-state index is 3.50. The summed E-state index contributed by atoms with van der Waals surface area (Å²) in [5.74, 6) is 0.600. The lowest BCUT2D eigenvalue weighted by Crippen LogP contribution is -2.18. The largest absolute Gasteiger partial charge is 0.311 e. The molecule has 86 valence electrons. The molecule has 1 atom stereocenters. The zero-order valence-electron chi connectivity index (χ0n) is 9.07. The van der Waals surface area contributed by atoms with Gasteiger partial charge in [-0.3, -0.25) is 0 Å². The first kappa shape index (κ1) is 12.3. The fraction of sp³-hybridized carbons (Fsp3) is 0.333. The van der Waals surface area contributed by atoms with E-state index in [1.165, 1.54) is 14.2 Å². The van der Waals surface area contributed by atoms with Crippen molar-refractivity contribution in [3.05, 3.63) is 43.2 Å². The monoisotopic (exact) mass is 315 g/mol. The van der Waals surface area contributed by atoms with Gasteiger partial charge in [0.25, 0.3) is 0 Å². The minimum atomic E-state index is 0.600. The molecular weight excluding hydrogens is 302 g/mol. The zero-order chi connectivity index (χ0) is 11.4. The molecule has 16 heavy (non-hydrogen) atoms. The van der Waals surface area contributed by atoms with Crippen molar-refractivity contribution in [3.63, 3.8) is 0 Å². The van der Waals surface area contributed by atoms with Gasteiger partial charge in [0.1, 0.15) is 0 Å². The van der Waals surface area contributed by atoms with Crippen molar-refractivity contribution in [2.45, 2.75) is 19.4 Å². The Bertz CT molecular complexity index is 422. The van der Waals surface area contributed by atoms with Gasteiger partial charge >= 0.3 is 0 Å². The summed E-state index contributed by atoms with van der Waals surface area (Å²) in [4.78, 5) is 2.84. The van der Waals surface area contributed by atoms with E-state index in [9.17, 15) is 0 Å². The first-order valence-electron chi connectivity index (χ1n) is 5.22. The van der Waals surface area contributed by atoms with Crippen molar-refractivity contribution in [1.29, 1.82) is 0 Å². The highest BCUT2D eigenvalue weighted by atomic mass is 79.9. The third kappa shape index (κ3) is 3.42. The summed E-state index contributed by atoms with van der Waals surface area (Å²) in [7, 11) is 0. The Morgan fingerprint density at radius 3 is 2.94 bits per heavy atom. The van der Waals surface area contributed by atoms with Gasteiger partial charge in [0, 0.05) is 38.6 Å². The lowest BCUT2D eigenvalue weighted by molar-refractivity contribution is 0.625. The van der Waals surface area contributed by atoms with Crippen molar-refractivity contribution >= 4 is 38.6 Å². The maximum Gasteiger partial charge on any atom is 0.0300 e. The first-order valence-corrected chi connectivity index (χ1v) is 7.78. The van der Waals surface area contributed by atoms with Crippen LogP contribution in [0.5, 0.6) is 0 Å². The number of hydrogen-bond donors (Lipinski definition) is 1. The smallest absolute Gasteiger partial charge is 0.0300 e. The molecule has 0 spiro atoms. The molecule has 0 saturated carbocycles. The summed E-state index contributed by atoms with van der Waals surface area (Å²) in [5.41, 5.74) is 0. The van der Waals surface area contributed by atoms with E-state index in [0.717, 1.165) is 13.1 Å². The summed E-state index contributed by atoms with van der Waals surface area (Å²) in [6.07, 6.45) is 0. The molecule has 1 N–H and O–H groups in total. The summed E-state index contributed by atoms with van der Waals surface area (Å²) >= 11 is 7.10. The van der Waals surface area contributed by atoms with Crippen LogP contribution in [0.4, 0.5) is 0 Å². The summed E-state index contributed by atoms with van der Waals surface area (Å²) in [5, 5.41) is 7.77. The van der Waals surface area contributed by atoms with Gasteiger partial charge < -0.3 is 5.32 Å². The number of hydrogen-bond acceptors (Lipinski definition) is 3. The van der Waals surface area contributed by atoms with E-state index in [-0.39, 0.29) is 0 Å². The van der Waals surface area contributed by atoms with E-state index >= 15 is 0 Å². The van der Waals surface area contributed by atoms with E-state index in [1.807, 2.05) is 11.3 Å². The van der Waals surface area contributed by atoms with Crippen molar-refractivity contribution in [2.24, 2.45) is 0 Å². The highest BCUT2D eigenvalue weighted by molar-refractivity contribution is 9.10. The molecule has 2 aromatic rings. The topological polar surface area (TPSA) is 12.0 Å². The fourth-order valence-corrected chi connectivity index (χ4v) is 3.74. The van der Waals surface area contributed by atoms with Gasteiger partial charge in [0.2, 0.25) is 0 Å². The van der Waals surface area contributed by atoms with Crippen LogP contribution in [-0.2, 0) is 6.54 Å². The van der Waals surface area contributed by atoms with Crippen molar-refractivity contribution < 1.29 is 0 Å². The third-order valence-corrected chi connectivity index (χ3v) is 5.20. The Labute approximate surface area is 113 Å². The number of halogens is 1. The van der Waals surface area contributed by atoms with Gasteiger partial charge in [0.15, 0.2) is 0 Å². The van der Waals surface area contributed by atoms with Gasteiger partial charge in [-0.25, -0.2) is 0 Å². The van der Waals surface area contributed by atoms with Crippen LogP contribution in [-0.4, -0.2) is 6.54 Å². The highest BCUT2D eigenvalue weighted by Gasteiger charge is 2.05. The standard InChI is InChI=1S/C12H14BrNS2/c1-9(12-3-2-4-15-12)6-14-7-11-5-10(13)8-16-11/h2-5,8-9,14H,6-7H2,1H3. The predicted octanol–water partition coefficient (Wildman–Crippen LogP) is 4.47. The molecular formula is C12H14BrNS2. The van der Waals surface area contributed by atoms with Gasteiger partial charge in [-0.15, -0.1) is 22.7 Å². The molecule has 0 aliphatic heterocycles. The second-order valence-electron chi connectivity index (χ2n) is 3.78. The Morgan fingerprint density at radius 1 is 1.44 bits per heavy atom. The maximum absolute atomic E-state index is 3.50. The molecule has 0 saturated heterocycles. The van der Waals surface area contributed by atoms with Crippen LogP contribution in [0.1, 0.15) is 22.6 Å². The van der Waals surface area contributed by atoms with Crippen LogP contribution in [0.2, 0.25) is 0 Å². The molecule has 0 aromatic carbocycles. The Hall–Kier alpha value is -0.160. The molecule has 0 aliphatic carbocycles. The van der Waals surface area contributed by atoms with E-state index in [0.29, 0.717) is 5.92 Å². The van der Waals surface area contributed by atoms with Crippen molar-refractivity contribution in [2.75, 3.05) is 6.54 Å². The molecule has 2 rings (SSSR count). The van der Waals surface area contributed by atoms with E-state index in [1.54, 1.807) is 11.3 Å². The Balaban J connectivity index is 1.76. The second-order valence-corrected chi connectivity index (χ2v) is 6.67. The summed E-state index contributed by atoms with van der Waals surface area (Å²) in [6.45, 7) is 4.27.